The van der Waals surface area contributed by atoms with Crippen LogP contribution in [0.15, 0.2) is 18.5 Å². The van der Waals surface area contributed by atoms with Crippen molar-refractivity contribution in [1.29, 1.82) is 0 Å². The summed E-state index contributed by atoms with van der Waals surface area (Å²) in [6.45, 7) is 8.80. The maximum atomic E-state index is 10.4. The molecule has 0 radical (unpaired) electrons. The number of hydrogen-bond donors (Lipinski definition) is 1. The predicted octanol–water partition coefficient (Wildman–Crippen LogP) is 3.46. The summed E-state index contributed by atoms with van der Waals surface area (Å²) in [6.07, 6.45) is 6.95. The maximum Gasteiger partial charge on any atom is 0.0579 e. The highest BCUT2D eigenvalue weighted by atomic mass is 16.3. The van der Waals surface area contributed by atoms with Crippen LogP contribution >= 0.6 is 0 Å². The fourth-order valence-electron chi connectivity index (χ4n) is 3.31. The van der Waals surface area contributed by atoms with Gasteiger partial charge in [-0.15, -0.1) is 0 Å². The lowest BCUT2D eigenvalue weighted by Crippen LogP contribution is -2.41. The van der Waals surface area contributed by atoms with Gasteiger partial charge >= 0.3 is 0 Å². The van der Waals surface area contributed by atoms with E-state index in [-0.39, 0.29) is 11.5 Å². The van der Waals surface area contributed by atoms with Gasteiger partial charge < -0.3 is 5.11 Å². The summed E-state index contributed by atoms with van der Waals surface area (Å²) in [5.41, 5.74) is 2.44. The van der Waals surface area contributed by atoms with E-state index in [0.29, 0.717) is 11.8 Å². The Morgan fingerprint density at radius 2 is 2.00 bits per heavy atom. The van der Waals surface area contributed by atoms with Gasteiger partial charge in [0.25, 0.3) is 0 Å². The summed E-state index contributed by atoms with van der Waals surface area (Å²) in [5.74, 6) is 1.000. The molecular weight excluding hydrogens is 222 g/mol. The summed E-state index contributed by atoms with van der Waals surface area (Å²) in [6, 6.07) is 2.21. The Kier molecular flexibility index (Phi) is 3.76. The van der Waals surface area contributed by atoms with Crippen molar-refractivity contribution in [2.45, 2.75) is 58.5 Å². The molecule has 1 aromatic rings. The van der Waals surface area contributed by atoms with E-state index in [1.54, 1.807) is 0 Å². The maximum absolute atomic E-state index is 10.4. The van der Waals surface area contributed by atoms with Crippen LogP contribution in [-0.2, 0) is 5.41 Å². The molecule has 1 heterocycles. The lowest BCUT2D eigenvalue weighted by atomic mass is 9.65. The lowest BCUT2D eigenvalue weighted by molar-refractivity contribution is 0.0142. The van der Waals surface area contributed by atoms with Crippen LogP contribution in [0.25, 0.3) is 0 Å². The highest BCUT2D eigenvalue weighted by Gasteiger charge is 2.39. The van der Waals surface area contributed by atoms with E-state index in [4.69, 9.17) is 0 Å². The van der Waals surface area contributed by atoms with Gasteiger partial charge in [-0.25, -0.2) is 0 Å². The van der Waals surface area contributed by atoms with Gasteiger partial charge in [0.15, 0.2) is 0 Å². The molecule has 1 aliphatic carbocycles. The molecule has 1 fully saturated rings. The normalized spacial score (nSPS) is 29.3. The SMILES string of the molecule is Cc1cncc(C(C)(C)C2CCC(C)CC2O)c1. The third-order valence-corrected chi connectivity index (χ3v) is 4.62. The van der Waals surface area contributed by atoms with Crippen LogP contribution in [0, 0.1) is 18.8 Å². The number of aromatic nitrogens is 1. The van der Waals surface area contributed by atoms with Crippen LogP contribution in [0.4, 0.5) is 0 Å². The van der Waals surface area contributed by atoms with E-state index in [2.05, 4.69) is 38.7 Å². The Morgan fingerprint density at radius 1 is 1.28 bits per heavy atom. The molecule has 1 saturated carbocycles. The highest BCUT2D eigenvalue weighted by Crippen LogP contribution is 2.42. The van der Waals surface area contributed by atoms with Crippen molar-refractivity contribution in [1.82, 2.24) is 4.98 Å². The minimum absolute atomic E-state index is 0.00141. The van der Waals surface area contributed by atoms with Crippen LogP contribution in [-0.4, -0.2) is 16.2 Å². The molecule has 3 atom stereocenters. The largest absolute Gasteiger partial charge is 0.393 e. The third kappa shape index (κ3) is 2.59. The molecule has 0 bridgehead atoms. The second kappa shape index (κ2) is 5.00. The van der Waals surface area contributed by atoms with E-state index in [1.165, 1.54) is 17.5 Å². The number of nitrogens with zero attached hydrogens (tertiary/aromatic N) is 1. The standard InChI is InChI=1S/C16H25NO/c1-11-5-6-14(15(18)8-11)16(3,4)13-7-12(2)9-17-10-13/h7,9-11,14-15,18H,5-6,8H2,1-4H3. The molecule has 0 aliphatic heterocycles. The van der Waals surface area contributed by atoms with Crippen molar-refractivity contribution >= 4 is 0 Å². The summed E-state index contributed by atoms with van der Waals surface area (Å²) >= 11 is 0. The van der Waals surface area contributed by atoms with Crippen LogP contribution in [0.2, 0.25) is 0 Å². The van der Waals surface area contributed by atoms with Crippen molar-refractivity contribution in [3.63, 3.8) is 0 Å². The Morgan fingerprint density at radius 3 is 2.61 bits per heavy atom. The van der Waals surface area contributed by atoms with Gasteiger partial charge in [0, 0.05) is 12.4 Å². The van der Waals surface area contributed by atoms with Crippen LogP contribution in [0.5, 0.6) is 0 Å². The first-order valence-corrected chi connectivity index (χ1v) is 7.01. The number of aliphatic hydroxyl groups is 1. The number of aliphatic hydroxyl groups excluding tert-OH is 1. The molecule has 0 amide bonds. The Bertz CT molecular complexity index is 413. The second-order valence-electron chi connectivity index (χ2n) is 6.56. The van der Waals surface area contributed by atoms with Crippen LogP contribution in [0.1, 0.15) is 51.2 Å². The first-order chi connectivity index (χ1) is 8.41. The van der Waals surface area contributed by atoms with Crippen LogP contribution in [0.3, 0.4) is 0 Å². The predicted molar refractivity (Wildman–Crippen MR) is 74.5 cm³/mol. The number of rotatable bonds is 2. The van der Waals surface area contributed by atoms with Gasteiger partial charge in [-0.05, 0) is 48.1 Å². The molecule has 1 aromatic heterocycles. The molecule has 1 aliphatic rings. The average Bonchev–Trinajstić information content (AvgIpc) is 2.28. The number of hydrogen-bond acceptors (Lipinski definition) is 2. The zero-order chi connectivity index (χ0) is 13.3. The lowest BCUT2D eigenvalue weighted by Gasteiger charge is -2.42. The van der Waals surface area contributed by atoms with Gasteiger partial charge in [-0.1, -0.05) is 33.3 Å². The van der Waals surface area contributed by atoms with Gasteiger partial charge in [0.05, 0.1) is 6.10 Å². The molecular formula is C16H25NO. The molecule has 2 rings (SSSR count). The topological polar surface area (TPSA) is 33.1 Å². The Hall–Kier alpha value is -0.890. The molecule has 0 aromatic carbocycles. The van der Waals surface area contributed by atoms with Crippen molar-refractivity contribution in [3.8, 4) is 0 Å². The molecule has 1 N–H and O–H groups in total. The zero-order valence-electron chi connectivity index (χ0n) is 12.0. The number of aryl methyl sites for hydroxylation is 1. The molecule has 100 valence electrons. The number of pyridine rings is 1. The zero-order valence-corrected chi connectivity index (χ0v) is 12.0. The van der Waals surface area contributed by atoms with Crippen LogP contribution < -0.4 is 0 Å². The second-order valence-corrected chi connectivity index (χ2v) is 6.56. The molecule has 0 spiro atoms. The third-order valence-electron chi connectivity index (χ3n) is 4.62. The van der Waals surface area contributed by atoms with Gasteiger partial charge in [0.1, 0.15) is 0 Å². The quantitative estimate of drug-likeness (QED) is 0.868. The van der Waals surface area contributed by atoms with Crippen molar-refractivity contribution in [2.75, 3.05) is 0 Å². The van der Waals surface area contributed by atoms with E-state index in [0.717, 1.165) is 12.8 Å². The molecule has 3 unspecified atom stereocenters. The fourth-order valence-corrected chi connectivity index (χ4v) is 3.31. The van der Waals surface area contributed by atoms with Gasteiger partial charge in [0.2, 0.25) is 0 Å². The highest BCUT2D eigenvalue weighted by molar-refractivity contribution is 5.26. The summed E-state index contributed by atoms with van der Waals surface area (Å²) in [7, 11) is 0. The van der Waals surface area contributed by atoms with E-state index in [9.17, 15) is 5.11 Å². The Labute approximate surface area is 110 Å². The van der Waals surface area contributed by atoms with Gasteiger partial charge in [-0.2, -0.15) is 0 Å². The van der Waals surface area contributed by atoms with E-state index in [1.807, 2.05) is 12.4 Å². The van der Waals surface area contributed by atoms with Crippen molar-refractivity contribution in [3.05, 3.63) is 29.6 Å². The molecule has 18 heavy (non-hydrogen) atoms. The minimum atomic E-state index is -0.177. The smallest absolute Gasteiger partial charge is 0.0579 e. The van der Waals surface area contributed by atoms with Crippen molar-refractivity contribution < 1.29 is 5.11 Å². The van der Waals surface area contributed by atoms with E-state index < -0.39 is 0 Å². The van der Waals surface area contributed by atoms with E-state index >= 15 is 0 Å². The van der Waals surface area contributed by atoms with Crippen molar-refractivity contribution in [2.24, 2.45) is 11.8 Å². The summed E-state index contributed by atoms with van der Waals surface area (Å²) in [5, 5.41) is 10.4. The molecule has 2 nitrogen and oxygen atoms in total. The average molecular weight is 247 g/mol. The first kappa shape index (κ1) is 13.5. The summed E-state index contributed by atoms with van der Waals surface area (Å²) in [4.78, 5) is 4.30. The molecule has 2 heteroatoms. The summed E-state index contributed by atoms with van der Waals surface area (Å²) < 4.78 is 0. The Balaban J connectivity index is 2.25. The van der Waals surface area contributed by atoms with Gasteiger partial charge in [-0.3, -0.25) is 4.98 Å². The first-order valence-electron chi connectivity index (χ1n) is 7.01. The minimum Gasteiger partial charge on any atom is -0.393 e. The fraction of sp³-hybridized carbons (Fsp3) is 0.688. The monoisotopic (exact) mass is 247 g/mol. The molecule has 0 saturated heterocycles.